The van der Waals surface area contributed by atoms with Crippen LogP contribution in [0.5, 0.6) is 5.88 Å². The molecular weight excluding hydrogens is 260 g/mol. The summed E-state index contributed by atoms with van der Waals surface area (Å²) in [5.74, 6) is 0.378. The smallest absolute Gasteiger partial charge is 0.271 e. The number of nitrogen functional groups attached to an aromatic ring is 1. The van der Waals surface area contributed by atoms with Crippen LogP contribution < -0.4 is 15.8 Å². The summed E-state index contributed by atoms with van der Waals surface area (Å²) < 4.78 is 6.90. The molecule has 0 aliphatic carbocycles. The molecule has 2 aromatic heterocycles. The highest BCUT2D eigenvalue weighted by molar-refractivity contribution is 5.91. The lowest BCUT2D eigenvalue weighted by molar-refractivity contribution is 0.0957. The second-order valence-corrected chi connectivity index (χ2v) is 4.31. The standard InChI is InChI=1S/C12H16N6O2/c1-7(2)20-12-9(13)10(15-6-16-12)18-5-4-8(17-18)11(19)14-3/h4-7H,13H2,1-3H3,(H,14,19). The first-order chi connectivity index (χ1) is 9.52. The van der Waals surface area contributed by atoms with E-state index in [1.165, 1.54) is 18.1 Å². The van der Waals surface area contributed by atoms with Gasteiger partial charge in [0.15, 0.2) is 11.5 Å². The Bertz CT molecular complexity index is 622. The van der Waals surface area contributed by atoms with Crippen LogP contribution in [0.4, 0.5) is 5.69 Å². The van der Waals surface area contributed by atoms with Gasteiger partial charge in [0.05, 0.1) is 6.10 Å². The number of amides is 1. The molecule has 0 radical (unpaired) electrons. The molecule has 0 unspecified atom stereocenters. The molecule has 0 fully saturated rings. The fourth-order valence-electron chi connectivity index (χ4n) is 1.56. The summed E-state index contributed by atoms with van der Waals surface area (Å²) in [6.45, 7) is 3.75. The maximum atomic E-state index is 11.5. The molecule has 8 nitrogen and oxygen atoms in total. The summed E-state index contributed by atoms with van der Waals surface area (Å²) >= 11 is 0. The van der Waals surface area contributed by atoms with Crippen LogP contribution in [0.15, 0.2) is 18.6 Å². The van der Waals surface area contributed by atoms with Gasteiger partial charge in [0.25, 0.3) is 5.91 Å². The Kier molecular flexibility index (Phi) is 3.83. The van der Waals surface area contributed by atoms with Gasteiger partial charge in [-0.05, 0) is 19.9 Å². The van der Waals surface area contributed by atoms with Gasteiger partial charge in [0, 0.05) is 13.2 Å². The number of nitrogens with zero attached hydrogens (tertiary/aromatic N) is 4. The van der Waals surface area contributed by atoms with Crippen molar-refractivity contribution in [2.45, 2.75) is 20.0 Å². The van der Waals surface area contributed by atoms with Gasteiger partial charge in [0.1, 0.15) is 12.0 Å². The number of ether oxygens (including phenoxy) is 1. The summed E-state index contributed by atoms with van der Waals surface area (Å²) in [5, 5.41) is 6.61. The van der Waals surface area contributed by atoms with Crippen molar-refractivity contribution >= 4 is 11.6 Å². The average molecular weight is 276 g/mol. The van der Waals surface area contributed by atoms with Gasteiger partial charge in [-0.25, -0.2) is 9.67 Å². The Labute approximate surface area is 116 Å². The monoisotopic (exact) mass is 276 g/mol. The highest BCUT2D eigenvalue weighted by Crippen LogP contribution is 2.24. The molecule has 0 aliphatic rings. The Hall–Kier alpha value is -2.64. The average Bonchev–Trinajstić information content (AvgIpc) is 2.89. The van der Waals surface area contributed by atoms with Gasteiger partial charge >= 0.3 is 0 Å². The number of nitrogens with one attached hydrogen (secondary N) is 1. The van der Waals surface area contributed by atoms with Gasteiger partial charge in [-0.15, -0.1) is 0 Å². The van der Waals surface area contributed by atoms with Crippen LogP contribution in [0.1, 0.15) is 24.3 Å². The Morgan fingerprint density at radius 3 is 2.85 bits per heavy atom. The third-order valence-corrected chi connectivity index (χ3v) is 2.44. The minimum absolute atomic E-state index is 0.0564. The van der Waals surface area contributed by atoms with E-state index in [1.54, 1.807) is 12.3 Å². The second-order valence-electron chi connectivity index (χ2n) is 4.31. The number of aromatic nitrogens is 4. The van der Waals surface area contributed by atoms with Crippen molar-refractivity contribution in [1.82, 2.24) is 25.1 Å². The molecule has 20 heavy (non-hydrogen) atoms. The normalized spacial score (nSPS) is 10.6. The molecule has 2 heterocycles. The van der Waals surface area contributed by atoms with Crippen LogP contribution in [0.3, 0.4) is 0 Å². The summed E-state index contributed by atoms with van der Waals surface area (Å²) in [6.07, 6.45) is 2.88. The van der Waals surface area contributed by atoms with E-state index in [0.29, 0.717) is 11.7 Å². The lowest BCUT2D eigenvalue weighted by Crippen LogP contribution is -2.19. The van der Waals surface area contributed by atoms with Crippen molar-refractivity contribution in [2.24, 2.45) is 0 Å². The number of carbonyl (C=O) groups is 1. The second kappa shape index (κ2) is 5.55. The highest BCUT2D eigenvalue weighted by Gasteiger charge is 2.15. The number of anilines is 1. The van der Waals surface area contributed by atoms with E-state index >= 15 is 0 Å². The van der Waals surface area contributed by atoms with Gasteiger partial charge in [-0.1, -0.05) is 0 Å². The van der Waals surface area contributed by atoms with Crippen LogP contribution in [0, 0.1) is 0 Å². The summed E-state index contributed by atoms with van der Waals surface area (Å²) in [4.78, 5) is 19.5. The summed E-state index contributed by atoms with van der Waals surface area (Å²) in [7, 11) is 1.54. The van der Waals surface area contributed by atoms with E-state index < -0.39 is 0 Å². The van der Waals surface area contributed by atoms with E-state index in [9.17, 15) is 4.79 Å². The van der Waals surface area contributed by atoms with Crippen molar-refractivity contribution in [2.75, 3.05) is 12.8 Å². The number of nitrogens with two attached hydrogens (primary N) is 1. The van der Waals surface area contributed by atoms with Crippen molar-refractivity contribution in [3.63, 3.8) is 0 Å². The molecule has 0 aromatic carbocycles. The fourth-order valence-corrected chi connectivity index (χ4v) is 1.56. The maximum absolute atomic E-state index is 11.5. The van der Waals surface area contributed by atoms with E-state index in [-0.39, 0.29) is 23.4 Å². The molecule has 1 amide bonds. The summed E-state index contributed by atoms with van der Waals surface area (Å²) in [6, 6.07) is 1.57. The van der Waals surface area contributed by atoms with E-state index in [2.05, 4.69) is 20.4 Å². The number of hydrogen-bond acceptors (Lipinski definition) is 6. The minimum atomic E-state index is -0.282. The lowest BCUT2D eigenvalue weighted by Gasteiger charge is -2.12. The zero-order valence-electron chi connectivity index (χ0n) is 11.5. The third kappa shape index (κ3) is 2.68. The van der Waals surface area contributed by atoms with E-state index in [1.807, 2.05) is 13.8 Å². The van der Waals surface area contributed by atoms with Crippen LogP contribution in [0.25, 0.3) is 5.82 Å². The van der Waals surface area contributed by atoms with Gasteiger partial charge in [-0.3, -0.25) is 4.79 Å². The van der Waals surface area contributed by atoms with Gasteiger partial charge in [0.2, 0.25) is 5.88 Å². The first-order valence-corrected chi connectivity index (χ1v) is 6.08. The SMILES string of the molecule is CNC(=O)c1ccn(-c2ncnc(OC(C)C)c2N)n1. The number of hydrogen-bond donors (Lipinski definition) is 2. The van der Waals surface area contributed by atoms with Gasteiger partial charge < -0.3 is 15.8 Å². The molecule has 106 valence electrons. The fraction of sp³-hybridized carbons (Fsp3) is 0.333. The van der Waals surface area contributed by atoms with Crippen molar-refractivity contribution in [1.29, 1.82) is 0 Å². The van der Waals surface area contributed by atoms with Crippen LogP contribution >= 0.6 is 0 Å². The van der Waals surface area contributed by atoms with Crippen LogP contribution in [0.2, 0.25) is 0 Å². The number of carbonyl (C=O) groups excluding carboxylic acids is 1. The molecule has 0 bridgehead atoms. The quantitative estimate of drug-likeness (QED) is 0.836. The van der Waals surface area contributed by atoms with Gasteiger partial charge in [-0.2, -0.15) is 10.1 Å². The minimum Gasteiger partial charge on any atom is -0.473 e. The molecular formula is C12H16N6O2. The topological polar surface area (TPSA) is 108 Å². The Morgan fingerprint density at radius 1 is 1.45 bits per heavy atom. The summed E-state index contributed by atoms with van der Waals surface area (Å²) in [5.41, 5.74) is 6.52. The van der Waals surface area contributed by atoms with Crippen molar-refractivity contribution < 1.29 is 9.53 Å². The van der Waals surface area contributed by atoms with E-state index in [4.69, 9.17) is 10.5 Å². The van der Waals surface area contributed by atoms with Crippen molar-refractivity contribution in [3.8, 4) is 11.7 Å². The largest absolute Gasteiger partial charge is 0.473 e. The Balaban J connectivity index is 2.38. The maximum Gasteiger partial charge on any atom is 0.271 e. The molecule has 3 N–H and O–H groups in total. The van der Waals surface area contributed by atoms with Crippen LogP contribution in [-0.2, 0) is 0 Å². The molecule has 0 saturated heterocycles. The Morgan fingerprint density at radius 2 is 2.20 bits per heavy atom. The first-order valence-electron chi connectivity index (χ1n) is 6.08. The molecule has 2 aromatic rings. The predicted octanol–water partition coefficient (Wildman–Crippen LogP) is 0.391. The van der Waals surface area contributed by atoms with Crippen molar-refractivity contribution in [3.05, 3.63) is 24.3 Å². The van der Waals surface area contributed by atoms with E-state index in [0.717, 1.165) is 0 Å². The molecule has 0 spiro atoms. The molecule has 2 rings (SSSR count). The first kappa shape index (κ1) is 13.8. The predicted molar refractivity (Wildman–Crippen MR) is 72.7 cm³/mol. The zero-order chi connectivity index (χ0) is 14.7. The molecule has 0 saturated carbocycles. The number of rotatable bonds is 4. The molecule has 0 aliphatic heterocycles. The zero-order valence-corrected chi connectivity index (χ0v) is 11.5. The molecule has 8 heteroatoms. The highest BCUT2D eigenvalue weighted by atomic mass is 16.5. The lowest BCUT2D eigenvalue weighted by atomic mass is 10.4. The van der Waals surface area contributed by atoms with Crippen LogP contribution in [-0.4, -0.2) is 38.8 Å². The third-order valence-electron chi connectivity index (χ3n) is 2.44. The molecule has 0 atom stereocenters.